The lowest BCUT2D eigenvalue weighted by atomic mass is 10.2. The third kappa shape index (κ3) is 3.14. The SMILES string of the molecule is COc1ccc(N(C)C(=O)c2cc(Br)ccc2Cl)cc1. The van der Waals surface area contributed by atoms with E-state index in [1.54, 1.807) is 37.3 Å². The number of carbonyl (C=O) groups excluding carboxylic acids is 1. The number of hydrogen-bond acceptors (Lipinski definition) is 2. The Bertz CT molecular complexity index is 628. The maximum Gasteiger partial charge on any atom is 0.259 e. The lowest BCUT2D eigenvalue weighted by molar-refractivity contribution is 0.0993. The summed E-state index contributed by atoms with van der Waals surface area (Å²) in [5.74, 6) is 0.580. The summed E-state index contributed by atoms with van der Waals surface area (Å²) >= 11 is 9.42. The van der Waals surface area contributed by atoms with Crippen LogP contribution in [0.15, 0.2) is 46.9 Å². The van der Waals surface area contributed by atoms with Crippen LogP contribution in [0.25, 0.3) is 0 Å². The Morgan fingerprint density at radius 3 is 2.45 bits per heavy atom. The predicted molar refractivity (Wildman–Crippen MR) is 84.9 cm³/mol. The van der Waals surface area contributed by atoms with Gasteiger partial charge in [-0.2, -0.15) is 0 Å². The minimum Gasteiger partial charge on any atom is -0.497 e. The molecule has 0 heterocycles. The van der Waals surface area contributed by atoms with E-state index < -0.39 is 0 Å². The van der Waals surface area contributed by atoms with Gasteiger partial charge in [0.2, 0.25) is 0 Å². The Labute approximate surface area is 131 Å². The average Bonchev–Trinajstić information content (AvgIpc) is 2.48. The molecule has 0 saturated carbocycles. The molecule has 0 unspecified atom stereocenters. The van der Waals surface area contributed by atoms with Gasteiger partial charge < -0.3 is 9.64 Å². The van der Waals surface area contributed by atoms with Crippen LogP contribution in [-0.2, 0) is 0 Å². The van der Waals surface area contributed by atoms with Crippen molar-refractivity contribution in [1.82, 2.24) is 0 Å². The molecule has 0 spiro atoms. The van der Waals surface area contributed by atoms with Crippen LogP contribution in [0.4, 0.5) is 5.69 Å². The number of methoxy groups -OCH3 is 1. The number of ether oxygens (including phenoxy) is 1. The molecule has 0 bridgehead atoms. The van der Waals surface area contributed by atoms with Crippen molar-refractivity contribution in [3.05, 3.63) is 57.5 Å². The summed E-state index contributed by atoms with van der Waals surface area (Å²) in [5.41, 5.74) is 1.23. The van der Waals surface area contributed by atoms with Gasteiger partial charge >= 0.3 is 0 Å². The third-order valence-corrected chi connectivity index (χ3v) is 3.75. The van der Waals surface area contributed by atoms with Crippen molar-refractivity contribution in [2.24, 2.45) is 0 Å². The maximum absolute atomic E-state index is 12.5. The van der Waals surface area contributed by atoms with E-state index in [1.165, 1.54) is 0 Å². The van der Waals surface area contributed by atoms with Crippen molar-refractivity contribution < 1.29 is 9.53 Å². The minimum absolute atomic E-state index is 0.165. The van der Waals surface area contributed by atoms with E-state index in [9.17, 15) is 4.79 Å². The van der Waals surface area contributed by atoms with E-state index >= 15 is 0 Å². The van der Waals surface area contributed by atoms with Crippen LogP contribution in [0.5, 0.6) is 5.75 Å². The highest BCUT2D eigenvalue weighted by molar-refractivity contribution is 9.10. The van der Waals surface area contributed by atoms with Gasteiger partial charge in [-0.15, -0.1) is 0 Å². The van der Waals surface area contributed by atoms with Crippen molar-refractivity contribution in [1.29, 1.82) is 0 Å². The second-order valence-electron chi connectivity index (χ2n) is 4.19. The minimum atomic E-state index is -0.165. The quantitative estimate of drug-likeness (QED) is 0.818. The summed E-state index contributed by atoms with van der Waals surface area (Å²) < 4.78 is 5.91. The predicted octanol–water partition coefficient (Wildman–Crippen LogP) is 4.39. The normalized spacial score (nSPS) is 10.2. The lowest BCUT2D eigenvalue weighted by Crippen LogP contribution is -2.26. The Morgan fingerprint density at radius 2 is 1.85 bits per heavy atom. The molecule has 0 aromatic heterocycles. The van der Waals surface area contributed by atoms with Crippen LogP contribution in [0.3, 0.4) is 0 Å². The molecule has 0 fully saturated rings. The fourth-order valence-corrected chi connectivity index (χ4v) is 2.32. The topological polar surface area (TPSA) is 29.5 Å². The summed E-state index contributed by atoms with van der Waals surface area (Å²) in [6.45, 7) is 0. The first-order chi connectivity index (χ1) is 9.52. The molecule has 0 aliphatic heterocycles. The number of rotatable bonds is 3. The maximum atomic E-state index is 12.5. The molecule has 0 saturated heterocycles. The Hall–Kier alpha value is -1.52. The van der Waals surface area contributed by atoms with Gasteiger partial charge in [0.05, 0.1) is 17.7 Å². The Balaban J connectivity index is 2.29. The van der Waals surface area contributed by atoms with E-state index in [0.717, 1.165) is 15.9 Å². The molecule has 0 N–H and O–H groups in total. The van der Waals surface area contributed by atoms with E-state index in [-0.39, 0.29) is 5.91 Å². The molecule has 1 amide bonds. The fourth-order valence-electron chi connectivity index (χ4n) is 1.77. The van der Waals surface area contributed by atoms with Gasteiger partial charge in [-0.1, -0.05) is 27.5 Å². The van der Waals surface area contributed by atoms with Crippen molar-refractivity contribution in [2.45, 2.75) is 0 Å². The molecule has 0 aliphatic rings. The molecule has 20 heavy (non-hydrogen) atoms. The first-order valence-electron chi connectivity index (χ1n) is 5.90. The molecule has 2 rings (SSSR count). The Kier molecular flexibility index (Phi) is 4.68. The van der Waals surface area contributed by atoms with Crippen molar-refractivity contribution in [3.8, 4) is 5.75 Å². The number of anilines is 1. The first kappa shape index (κ1) is 14.9. The van der Waals surface area contributed by atoms with Crippen LogP contribution in [0.2, 0.25) is 5.02 Å². The van der Waals surface area contributed by atoms with Gasteiger partial charge in [-0.05, 0) is 42.5 Å². The van der Waals surface area contributed by atoms with Crippen LogP contribution < -0.4 is 9.64 Å². The molecular formula is C15H13BrClNO2. The largest absolute Gasteiger partial charge is 0.497 e. The smallest absolute Gasteiger partial charge is 0.259 e. The summed E-state index contributed by atoms with van der Waals surface area (Å²) in [7, 11) is 3.31. The molecule has 3 nitrogen and oxygen atoms in total. The van der Waals surface area contributed by atoms with Gasteiger partial charge in [0.25, 0.3) is 5.91 Å². The monoisotopic (exact) mass is 353 g/mol. The fraction of sp³-hybridized carbons (Fsp3) is 0.133. The summed E-state index contributed by atoms with van der Waals surface area (Å²) in [5, 5.41) is 0.429. The zero-order valence-electron chi connectivity index (χ0n) is 11.1. The standard InChI is InChI=1S/C15H13BrClNO2/c1-18(11-4-6-12(20-2)7-5-11)15(19)13-9-10(16)3-8-14(13)17/h3-9H,1-2H3. The van der Waals surface area contributed by atoms with Crippen molar-refractivity contribution in [2.75, 3.05) is 19.1 Å². The van der Waals surface area contributed by atoms with Crippen molar-refractivity contribution in [3.63, 3.8) is 0 Å². The second-order valence-corrected chi connectivity index (χ2v) is 5.51. The first-order valence-corrected chi connectivity index (χ1v) is 7.07. The van der Waals surface area contributed by atoms with E-state index in [2.05, 4.69) is 15.9 Å². The van der Waals surface area contributed by atoms with E-state index in [0.29, 0.717) is 10.6 Å². The zero-order chi connectivity index (χ0) is 14.7. The number of carbonyl (C=O) groups is 1. The highest BCUT2D eigenvalue weighted by Crippen LogP contribution is 2.25. The van der Waals surface area contributed by atoms with Crippen LogP contribution >= 0.6 is 27.5 Å². The third-order valence-electron chi connectivity index (χ3n) is 2.92. The lowest BCUT2D eigenvalue weighted by Gasteiger charge is -2.18. The van der Waals surface area contributed by atoms with Gasteiger partial charge in [0.1, 0.15) is 5.75 Å². The summed E-state index contributed by atoms with van der Waals surface area (Å²) in [6.07, 6.45) is 0. The number of benzene rings is 2. The van der Waals surface area contributed by atoms with Gasteiger partial charge in [0.15, 0.2) is 0 Å². The molecule has 0 aliphatic carbocycles. The van der Waals surface area contributed by atoms with Gasteiger partial charge in [0, 0.05) is 17.2 Å². The highest BCUT2D eigenvalue weighted by Gasteiger charge is 2.17. The Morgan fingerprint density at radius 1 is 1.20 bits per heavy atom. The van der Waals surface area contributed by atoms with E-state index in [4.69, 9.17) is 16.3 Å². The molecule has 0 atom stereocenters. The van der Waals surface area contributed by atoms with Gasteiger partial charge in [-0.3, -0.25) is 4.79 Å². The summed E-state index contributed by atoms with van der Waals surface area (Å²) in [4.78, 5) is 14.0. The second kappa shape index (κ2) is 6.29. The highest BCUT2D eigenvalue weighted by atomic mass is 79.9. The molecule has 104 valence electrons. The number of halogens is 2. The summed E-state index contributed by atoms with van der Waals surface area (Å²) in [6, 6.07) is 12.5. The van der Waals surface area contributed by atoms with Crippen LogP contribution in [0, 0.1) is 0 Å². The zero-order valence-corrected chi connectivity index (χ0v) is 13.4. The number of nitrogens with zero attached hydrogens (tertiary/aromatic N) is 1. The van der Waals surface area contributed by atoms with Crippen molar-refractivity contribution >= 4 is 39.1 Å². The van der Waals surface area contributed by atoms with E-state index in [1.807, 2.05) is 24.3 Å². The molecule has 0 radical (unpaired) electrons. The number of hydrogen-bond donors (Lipinski definition) is 0. The number of amides is 1. The molecular weight excluding hydrogens is 342 g/mol. The van der Waals surface area contributed by atoms with Gasteiger partial charge in [-0.25, -0.2) is 0 Å². The molecule has 2 aromatic rings. The molecule has 2 aromatic carbocycles. The van der Waals surface area contributed by atoms with Crippen LogP contribution in [0.1, 0.15) is 10.4 Å². The average molecular weight is 355 g/mol. The van der Waals surface area contributed by atoms with Crippen LogP contribution in [-0.4, -0.2) is 20.1 Å². The molecule has 5 heteroatoms.